The van der Waals surface area contributed by atoms with Gasteiger partial charge in [0.2, 0.25) is 0 Å². The summed E-state index contributed by atoms with van der Waals surface area (Å²) in [5.74, 6) is 1.22. The van der Waals surface area contributed by atoms with Crippen molar-refractivity contribution in [3.63, 3.8) is 0 Å². The predicted molar refractivity (Wildman–Crippen MR) is 179 cm³/mol. The standard InChI is InChI=1S/C36H41N3O6S/c1-25-13-19-31(20-14-25)46(42,43)37-33-12-8-11-32-35(33)45-34(26(2)21-39(36(32)41)27(3)24-40)23-38(4)22-28-15-17-30(18-16-28)44-29-9-6-5-7-10-29/h5-20,26-27,34,37,40H,21-24H2,1-4H3/t26-,27+,34-/m0/s1. The molecule has 46 heavy (non-hydrogen) atoms. The molecule has 0 unspecified atom stereocenters. The zero-order valence-electron chi connectivity index (χ0n) is 26.6. The Balaban J connectivity index is 1.39. The molecule has 242 valence electrons. The van der Waals surface area contributed by atoms with Crippen molar-refractivity contribution < 1.29 is 27.8 Å². The molecule has 1 amide bonds. The van der Waals surface area contributed by atoms with Crippen molar-refractivity contribution in [1.29, 1.82) is 0 Å². The second-order valence-electron chi connectivity index (χ2n) is 12.0. The number of amides is 1. The number of hydrogen-bond donors (Lipinski definition) is 2. The van der Waals surface area contributed by atoms with E-state index in [1.165, 1.54) is 0 Å². The summed E-state index contributed by atoms with van der Waals surface area (Å²) < 4.78 is 42.0. The van der Waals surface area contributed by atoms with Crippen LogP contribution in [0.2, 0.25) is 0 Å². The first-order chi connectivity index (χ1) is 22.0. The van der Waals surface area contributed by atoms with Crippen LogP contribution in [0.4, 0.5) is 5.69 Å². The van der Waals surface area contributed by atoms with E-state index in [0.29, 0.717) is 19.6 Å². The van der Waals surface area contributed by atoms with Crippen molar-refractivity contribution in [3.8, 4) is 17.2 Å². The zero-order chi connectivity index (χ0) is 32.8. The molecule has 1 aliphatic rings. The van der Waals surface area contributed by atoms with Crippen LogP contribution in [0.1, 0.15) is 35.3 Å². The molecule has 0 aliphatic carbocycles. The fraction of sp³-hybridized carbons (Fsp3) is 0.306. The Morgan fingerprint density at radius 1 is 0.978 bits per heavy atom. The molecule has 4 aromatic carbocycles. The molecule has 1 heterocycles. The number of anilines is 1. The van der Waals surface area contributed by atoms with Crippen LogP contribution in [-0.2, 0) is 16.6 Å². The number of ether oxygens (including phenoxy) is 2. The monoisotopic (exact) mass is 643 g/mol. The number of nitrogens with zero attached hydrogens (tertiary/aromatic N) is 2. The third kappa shape index (κ3) is 7.88. The Bertz CT molecular complexity index is 1730. The summed E-state index contributed by atoms with van der Waals surface area (Å²) in [6.07, 6.45) is -0.407. The van der Waals surface area contributed by atoms with Crippen molar-refractivity contribution in [2.45, 2.75) is 44.4 Å². The van der Waals surface area contributed by atoms with E-state index < -0.39 is 22.2 Å². The quantitative estimate of drug-likeness (QED) is 0.208. The fourth-order valence-corrected chi connectivity index (χ4v) is 6.50. The molecule has 0 bridgehead atoms. The van der Waals surface area contributed by atoms with E-state index in [1.54, 1.807) is 54.3 Å². The SMILES string of the molecule is Cc1ccc(S(=O)(=O)Nc2cccc3c2O[C@@H](CN(C)Cc2ccc(Oc4ccccc4)cc2)[C@@H](C)CN([C@H](C)CO)C3=O)cc1. The van der Waals surface area contributed by atoms with Crippen molar-refractivity contribution >= 4 is 21.6 Å². The van der Waals surface area contributed by atoms with E-state index in [9.17, 15) is 18.3 Å². The fourth-order valence-electron chi connectivity index (χ4n) is 5.43. The second kappa shape index (κ2) is 14.4. The number of nitrogens with one attached hydrogen (secondary N) is 1. The number of aryl methyl sites for hydroxylation is 1. The van der Waals surface area contributed by atoms with E-state index in [-0.39, 0.29) is 40.3 Å². The second-order valence-corrected chi connectivity index (χ2v) is 13.7. The summed E-state index contributed by atoms with van der Waals surface area (Å²) in [7, 11) is -1.98. The Kier molecular flexibility index (Phi) is 10.3. The van der Waals surface area contributed by atoms with Gasteiger partial charge in [-0.05, 0) is 75.0 Å². The average molecular weight is 644 g/mol. The molecule has 0 spiro atoms. The first-order valence-corrected chi connectivity index (χ1v) is 16.8. The number of carbonyl (C=O) groups is 1. The van der Waals surface area contributed by atoms with Gasteiger partial charge < -0.3 is 19.5 Å². The van der Waals surface area contributed by atoms with Gasteiger partial charge >= 0.3 is 0 Å². The maximum atomic E-state index is 13.8. The van der Waals surface area contributed by atoms with Crippen molar-refractivity contribution in [2.24, 2.45) is 5.92 Å². The minimum atomic E-state index is -3.97. The number of aliphatic hydroxyl groups excluding tert-OH is 1. The molecule has 3 atom stereocenters. The van der Waals surface area contributed by atoms with Crippen molar-refractivity contribution in [1.82, 2.24) is 9.80 Å². The van der Waals surface area contributed by atoms with Crippen LogP contribution < -0.4 is 14.2 Å². The lowest BCUT2D eigenvalue weighted by atomic mass is 9.99. The van der Waals surface area contributed by atoms with Gasteiger partial charge in [-0.2, -0.15) is 0 Å². The van der Waals surface area contributed by atoms with Crippen LogP contribution in [0.15, 0.2) is 102 Å². The summed E-state index contributed by atoms with van der Waals surface area (Å²) in [5.41, 5.74) is 2.43. The Hall–Kier alpha value is -4.38. The largest absolute Gasteiger partial charge is 0.486 e. The number of hydrogen-bond acceptors (Lipinski definition) is 7. The van der Waals surface area contributed by atoms with Gasteiger partial charge in [-0.1, -0.05) is 61.0 Å². The lowest BCUT2D eigenvalue weighted by molar-refractivity contribution is 0.0344. The van der Waals surface area contributed by atoms with Crippen LogP contribution in [0, 0.1) is 12.8 Å². The maximum Gasteiger partial charge on any atom is 0.262 e. The van der Waals surface area contributed by atoms with Crippen LogP contribution in [0.25, 0.3) is 0 Å². The molecule has 0 aromatic heterocycles. The third-order valence-electron chi connectivity index (χ3n) is 8.11. The van der Waals surface area contributed by atoms with Gasteiger partial charge in [0.05, 0.1) is 28.8 Å². The van der Waals surface area contributed by atoms with Gasteiger partial charge in [-0.15, -0.1) is 0 Å². The van der Waals surface area contributed by atoms with E-state index in [1.807, 2.05) is 75.5 Å². The van der Waals surface area contributed by atoms with Gasteiger partial charge in [-0.3, -0.25) is 14.4 Å². The highest BCUT2D eigenvalue weighted by atomic mass is 32.2. The summed E-state index contributed by atoms with van der Waals surface area (Å²) >= 11 is 0. The van der Waals surface area contributed by atoms with E-state index >= 15 is 0 Å². The topological polar surface area (TPSA) is 108 Å². The molecule has 0 saturated heterocycles. The number of fused-ring (bicyclic) bond motifs is 1. The molecular formula is C36H41N3O6S. The number of carbonyl (C=O) groups excluding carboxylic acids is 1. The maximum absolute atomic E-state index is 13.8. The van der Waals surface area contributed by atoms with Crippen LogP contribution in [0.5, 0.6) is 17.2 Å². The summed E-state index contributed by atoms with van der Waals surface area (Å²) in [6, 6.07) is 28.5. The zero-order valence-corrected chi connectivity index (χ0v) is 27.4. The molecule has 9 nitrogen and oxygen atoms in total. The normalized spacial score (nSPS) is 17.4. The van der Waals surface area contributed by atoms with E-state index in [4.69, 9.17) is 9.47 Å². The van der Waals surface area contributed by atoms with Crippen molar-refractivity contribution in [2.75, 3.05) is 31.5 Å². The molecule has 5 rings (SSSR count). The molecule has 0 fully saturated rings. The Morgan fingerprint density at radius 2 is 1.65 bits per heavy atom. The molecule has 0 saturated carbocycles. The van der Waals surface area contributed by atoms with E-state index in [2.05, 4.69) is 9.62 Å². The first kappa shape index (κ1) is 33.0. The number of para-hydroxylation sites is 2. The van der Waals surface area contributed by atoms with Gasteiger partial charge in [0.1, 0.15) is 17.6 Å². The number of benzene rings is 4. The minimum Gasteiger partial charge on any atom is -0.486 e. The van der Waals surface area contributed by atoms with Gasteiger partial charge in [-0.25, -0.2) is 8.42 Å². The first-order valence-electron chi connectivity index (χ1n) is 15.4. The van der Waals surface area contributed by atoms with Crippen LogP contribution >= 0.6 is 0 Å². The molecule has 10 heteroatoms. The van der Waals surface area contributed by atoms with Gasteiger partial charge in [0, 0.05) is 25.6 Å². The Morgan fingerprint density at radius 3 is 2.33 bits per heavy atom. The average Bonchev–Trinajstić information content (AvgIpc) is 3.04. The molecule has 1 aliphatic heterocycles. The highest BCUT2D eigenvalue weighted by Crippen LogP contribution is 2.36. The van der Waals surface area contributed by atoms with E-state index in [0.717, 1.165) is 22.6 Å². The molecule has 2 N–H and O–H groups in total. The number of sulfonamides is 1. The summed E-state index contributed by atoms with van der Waals surface area (Å²) in [5, 5.41) is 10.00. The third-order valence-corrected chi connectivity index (χ3v) is 9.49. The predicted octanol–water partition coefficient (Wildman–Crippen LogP) is 5.94. The number of likely N-dealkylation sites (N-methyl/N-ethyl adjacent to an activating group) is 1. The van der Waals surface area contributed by atoms with Crippen molar-refractivity contribution in [3.05, 3.63) is 114 Å². The highest BCUT2D eigenvalue weighted by molar-refractivity contribution is 7.92. The number of rotatable bonds is 11. The van der Waals surface area contributed by atoms with Crippen LogP contribution in [-0.4, -0.2) is 68.1 Å². The Labute approximate surface area is 271 Å². The lowest BCUT2D eigenvalue weighted by Crippen LogP contribution is -2.49. The van der Waals surface area contributed by atoms with Gasteiger partial charge in [0.15, 0.2) is 5.75 Å². The molecular weight excluding hydrogens is 602 g/mol. The number of aliphatic hydroxyl groups is 1. The lowest BCUT2D eigenvalue weighted by Gasteiger charge is -2.38. The summed E-state index contributed by atoms with van der Waals surface area (Å²) in [6.45, 7) is 6.97. The smallest absolute Gasteiger partial charge is 0.262 e. The summed E-state index contributed by atoms with van der Waals surface area (Å²) in [4.78, 5) is 17.7. The molecule has 4 aromatic rings. The molecule has 0 radical (unpaired) electrons. The van der Waals surface area contributed by atoms with Gasteiger partial charge in [0.25, 0.3) is 15.9 Å². The van der Waals surface area contributed by atoms with Crippen LogP contribution in [0.3, 0.4) is 0 Å². The minimum absolute atomic E-state index is 0.105. The highest BCUT2D eigenvalue weighted by Gasteiger charge is 2.35.